The Hall–Kier alpha value is -0.103. The minimum Gasteiger partial charge on any atom is -0.493 e. The predicted octanol–water partition coefficient (Wildman–Crippen LogP) is 3.38. The van der Waals surface area contributed by atoms with Gasteiger partial charge in [-0.2, -0.15) is 0 Å². The molecule has 1 aromatic carbocycles. The molecule has 0 saturated heterocycles. The molecule has 13 heavy (non-hydrogen) atoms. The van der Waals surface area contributed by atoms with E-state index in [4.69, 9.17) is 4.74 Å². The van der Waals surface area contributed by atoms with Gasteiger partial charge >= 0.3 is 0 Å². The van der Waals surface area contributed by atoms with Crippen LogP contribution < -0.4 is 4.74 Å². The normalized spacial score (nSPS) is 11.4. The van der Waals surface area contributed by atoms with Crippen LogP contribution in [0.25, 0.3) is 0 Å². The maximum Gasteiger partial charge on any atom is 0.278 e. The molecule has 0 atom stereocenters. The van der Waals surface area contributed by atoms with Crippen LogP contribution in [0.1, 0.15) is 0 Å². The monoisotopic (exact) mass is 310 g/mol. The highest BCUT2D eigenvalue weighted by Gasteiger charge is 2.21. The first-order chi connectivity index (χ1) is 5.99. The molecule has 1 aromatic rings. The van der Waals surface area contributed by atoms with Crippen LogP contribution >= 0.6 is 22.6 Å². The Morgan fingerprint density at radius 1 is 1.38 bits per heavy atom. The lowest BCUT2D eigenvalue weighted by atomic mass is 10.3. The highest BCUT2D eigenvalue weighted by atomic mass is 127. The van der Waals surface area contributed by atoms with E-state index in [1.54, 1.807) is 13.1 Å². The van der Waals surface area contributed by atoms with Gasteiger partial charge in [0, 0.05) is 0 Å². The molecule has 72 valence electrons. The lowest BCUT2D eigenvalue weighted by molar-refractivity contribution is 0.364. The quantitative estimate of drug-likeness (QED) is 0.472. The second-order valence-corrected chi connectivity index (χ2v) is 8.33. The van der Waals surface area contributed by atoms with Crippen LogP contribution in [0, 0.1) is 3.57 Å². The Labute approximate surface area is 92.6 Å². The summed E-state index contributed by atoms with van der Waals surface area (Å²) in [6, 6.07) is 7.64. The molecule has 0 amide bonds. The zero-order chi connectivity index (χ0) is 9.90. The molecule has 0 spiro atoms. The van der Waals surface area contributed by atoms with Crippen molar-refractivity contribution in [3.05, 3.63) is 27.8 Å². The van der Waals surface area contributed by atoms with E-state index in [0.29, 0.717) is 0 Å². The summed E-state index contributed by atoms with van der Waals surface area (Å²) in [5.41, 5.74) is 0. The maximum atomic E-state index is 13.2. The first kappa shape index (κ1) is 11.0. The van der Waals surface area contributed by atoms with E-state index in [0.717, 1.165) is 9.32 Å². The Bertz CT molecular complexity index is 285. The van der Waals surface area contributed by atoms with Crippen LogP contribution in [0.5, 0.6) is 5.75 Å². The highest BCUT2D eigenvalue weighted by molar-refractivity contribution is 14.1. The fraction of sp³-hybridized carbons (Fsp3) is 0.333. The van der Waals surface area contributed by atoms with Gasteiger partial charge < -0.3 is 8.84 Å². The van der Waals surface area contributed by atoms with Crippen molar-refractivity contribution in [3.63, 3.8) is 0 Å². The van der Waals surface area contributed by atoms with Crippen molar-refractivity contribution in [2.45, 2.75) is 13.1 Å². The summed E-state index contributed by atoms with van der Waals surface area (Å²) >= 11 is 2.18. The zero-order valence-electron chi connectivity index (χ0n) is 7.68. The highest BCUT2D eigenvalue weighted by Crippen LogP contribution is 2.20. The summed E-state index contributed by atoms with van der Waals surface area (Å²) < 4.78 is 19.6. The summed E-state index contributed by atoms with van der Waals surface area (Å²) in [4.78, 5) is 0. The number of ether oxygens (including phenoxy) is 1. The summed E-state index contributed by atoms with van der Waals surface area (Å²) in [7, 11) is -2.59. The third-order valence-corrected chi connectivity index (χ3v) is 3.13. The van der Waals surface area contributed by atoms with Crippen LogP contribution in [-0.2, 0) is 0 Å². The predicted molar refractivity (Wildman–Crippen MR) is 63.2 cm³/mol. The van der Waals surface area contributed by atoms with E-state index in [1.807, 2.05) is 24.3 Å². The molecular formula is C9H12FIOSi. The molecule has 0 aliphatic rings. The fourth-order valence-corrected chi connectivity index (χ4v) is 1.85. The lowest BCUT2D eigenvalue weighted by Gasteiger charge is -2.13. The fourth-order valence-electron chi connectivity index (χ4n) is 0.811. The maximum absolute atomic E-state index is 13.2. The number of benzene rings is 1. The molecule has 0 aliphatic carbocycles. The van der Waals surface area contributed by atoms with E-state index in [-0.39, 0.29) is 6.23 Å². The van der Waals surface area contributed by atoms with Gasteiger partial charge in [-0.3, -0.25) is 0 Å². The first-order valence-corrected chi connectivity index (χ1v) is 8.22. The minimum absolute atomic E-state index is 0.229. The van der Waals surface area contributed by atoms with Crippen molar-refractivity contribution in [1.82, 2.24) is 0 Å². The van der Waals surface area contributed by atoms with E-state index in [9.17, 15) is 4.11 Å². The van der Waals surface area contributed by atoms with Gasteiger partial charge in [0.1, 0.15) is 12.0 Å². The van der Waals surface area contributed by atoms with Gasteiger partial charge in [0.2, 0.25) is 0 Å². The van der Waals surface area contributed by atoms with Crippen LogP contribution in [0.2, 0.25) is 13.1 Å². The molecule has 1 rings (SSSR count). The molecule has 0 fully saturated rings. The number of halogens is 2. The van der Waals surface area contributed by atoms with Gasteiger partial charge in [-0.15, -0.1) is 0 Å². The Morgan fingerprint density at radius 2 is 2.00 bits per heavy atom. The van der Waals surface area contributed by atoms with Crippen LogP contribution in [0.4, 0.5) is 4.11 Å². The van der Waals surface area contributed by atoms with Gasteiger partial charge in [0.05, 0.1) is 3.57 Å². The molecule has 1 nitrogen and oxygen atoms in total. The second-order valence-electron chi connectivity index (χ2n) is 3.44. The smallest absolute Gasteiger partial charge is 0.278 e. The second kappa shape index (κ2) is 4.41. The Morgan fingerprint density at radius 3 is 2.54 bits per heavy atom. The van der Waals surface area contributed by atoms with E-state index in [1.165, 1.54) is 0 Å². The number of para-hydroxylation sites is 1. The average molecular weight is 310 g/mol. The average Bonchev–Trinajstić information content (AvgIpc) is 2.01. The van der Waals surface area contributed by atoms with Gasteiger partial charge in [0.25, 0.3) is 8.41 Å². The van der Waals surface area contributed by atoms with Gasteiger partial charge in [-0.05, 0) is 47.8 Å². The third-order valence-electron chi connectivity index (χ3n) is 1.41. The van der Waals surface area contributed by atoms with Crippen molar-refractivity contribution in [3.8, 4) is 5.75 Å². The van der Waals surface area contributed by atoms with Crippen molar-refractivity contribution in [1.29, 1.82) is 0 Å². The van der Waals surface area contributed by atoms with Crippen LogP contribution in [-0.4, -0.2) is 14.6 Å². The van der Waals surface area contributed by atoms with E-state index >= 15 is 0 Å². The summed E-state index contributed by atoms with van der Waals surface area (Å²) in [5, 5.41) is 0. The SMILES string of the molecule is C[Si](C)(F)COc1ccccc1I. The number of hydrogen-bond acceptors (Lipinski definition) is 1. The van der Waals surface area contributed by atoms with Crippen LogP contribution in [0.15, 0.2) is 24.3 Å². The topological polar surface area (TPSA) is 9.23 Å². The van der Waals surface area contributed by atoms with Crippen molar-refractivity contribution < 1.29 is 8.84 Å². The first-order valence-electron chi connectivity index (χ1n) is 4.05. The Kier molecular flexibility index (Phi) is 3.72. The number of rotatable bonds is 3. The molecule has 0 aromatic heterocycles. The van der Waals surface area contributed by atoms with Gasteiger partial charge in [0.15, 0.2) is 0 Å². The summed E-state index contributed by atoms with van der Waals surface area (Å²) in [6.07, 6.45) is 0.229. The number of hydrogen-bond donors (Lipinski definition) is 0. The molecule has 0 radical (unpaired) electrons. The molecule has 0 N–H and O–H groups in total. The molecular weight excluding hydrogens is 298 g/mol. The lowest BCUT2D eigenvalue weighted by Crippen LogP contribution is -2.28. The zero-order valence-corrected chi connectivity index (χ0v) is 10.8. The standard InChI is InChI=1S/C9H12FIOSi/c1-13(2,10)7-12-9-6-4-3-5-8(9)11/h3-6H,7H2,1-2H3. The molecule has 0 bridgehead atoms. The third kappa shape index (κ3) is 4.08. The van der Waals surface area contributed by atoms with Gasteiger partial charge in [-0.1, -0.05) is 12.1 Å². The van der Waals surface area contributed by atoms with E-state index in [2.05, 4.69) is 22.6 Å². The van der Waals surface area contributed by atoms with Crippen molar-refractivity contribution in [2.24, 2.45) is 0 Å². The largest absolute Gasteiger partial charge is 0.493 e. The van der Waals surface area contributed by atoms with Crippen molar-refractivity contribution in [2.75, 3.05) is 6.23 Å². The van der Waals surface area contributed by atoms with Crippen LogP contribution in [0.3, 0.4) is 0 Å². The molecule has 0 unspecified atom stereocenters. The van der Waals surface area contributed by atoms with Crippen molar-refractivity contribution >= 4 is 31.0 Å². The van der Waals surface area contributed by atoms with E-state index < -0.39 is 8.41 Å². The van der Waals surface area contributed by atoms with Gasteiger partial charge in [-0.25, -0.2) is 0 Å². The molecule has 0 saturated carbocycles. The molecule has 0 heterocycles. The Balaban J connectivity index is 2.60. The minimum atomic E-state index is -2.59. The summed E-state index contributed by atoms with van der Waals surface area (Å²) in [5.74, 6) is 0.779. The summed E-state index contributed by atoms with van der Waals surface area (Å²) in [6.45, 7) is 3.28. The molecule has 0 aliphatic heterocycles. The molecule has 4 heteroatoms.